The van der Waals surface area contributed by atoms with E-state index in [0.29, 0.717) is 5.01 Å². The third kappa shape index (κ3) is 1.69. The molecule has 1 atom stereocenters. The van der Waals surface area contributed by atoms with Gasteiger partial charge in [-0.15, -0.1) is 10.2 Å². The van der Waals surface area contributed by atoms with Crippen LogP contribution < -0.4 is 5.32 Å². The fraction of sp³-hybridized carbons (Fsp3) is 0.667. The van der Waals surface area contributed by atoms with Crippen LogP contribution in [0.2, 0.25) is 0 Å². The number of nitrogens with zero attached hydrogens (tertiary/aromatic N) is 4. The third-order valence-electron chi connectivity index (χ3n) is 3.13. The van der Waals surface area contributed by atoms with Gasteiger partial charge in [-0.05, 0) is 13.0 Å². The summed E-state index contributed by atoms with van der Waals surface area (Å²) in [4.78, 5) is 0.186. The van der Waals surface area contributed by atoms with Crippen LogP contribution in [0.25, 0.3) is 4.96 Å². The molecule has 1 aliphatic rings. The molecule has 0 bridgehead atoms. The minimum Gasteiger partial charge on any atom is -0.316 e. The van der Waals surface area contributed by atoms with Gasteiger partial charge in [0.1, 0.15) is 5.01 Å². The van der Waals surface area contributed by atoms with Crippen LogP contribution in [0.3, 0.4) is 0 Å². The fourth-order valence-electron chi connectivity index (χ4n) is 2.04. The van der Waals surface area contributed by atoms with Gasteiger partial charge in [-0.1, -0.05) is 18.3 Å². The number of hydrogen-bond acceptors (Lipinski definition) is 5. The molecule has 0 radical (unpaired) electrons. The second kappa shape index (κ2) is 3.64. The summed E-state index contributed by atoms with van der Waals surface area (Å²) < 4.78 is 38.8. The molecule has 0 saturated carbocycles. The first-order valence-electron chi connectivity index (χ1n) is 5.41. The number of alkyl halides is 3. The molecule has 3 heterocycles. The maximum Gasteiger partial charge on any atom is 0.453 e. The van der Waals surface area contributed by atoms with Crippen LogP contribution in [0.4, 0.5) is 13.2 Å². The lowest BCUT2D eigenvalue weighted by Gasteiger charge is -2.17. The Kier molecular flexibility index (Phi) is 2.39. The Morgan fingerprint density at radius 1 is 1.39 bits per heavy atom. The van der Waals surface area contributed by atoms with E-state index in [4.69, 9.17) is 0 Å². The summed E-state index contributed by atoms with van der Waals surface area (Å²) in [7, 11) is 0. The first kappa shape index (κ1) is 11.8. The van der Waals surface area contributed by atoms with Gasteiger partial charge < -0.3 is 5.32 Å². The van der Waals surface area contributed by atoms with Gasteiger partial charge in [0, 0.05) is 12.0 Å². The van der Waals surface area contributed by atoms with E-state index in [1.165, 1.54) is 11.3 Å². The number of hydrogen-bond donors (Lipinski definition) is 1. The summed E-state index contributed by atoms with van der Waals surface area (Å²) in [6, 6.07) is 0. The Morgan fingerprint density at radius 3 is 2.78 bits per heavy atom. The van der Waals surface area contributed by atoms with Gasteiger partial charge >= 0.3 is 6.18 Å². The molecule has 0 spiro atoms. The van der Waals surface area contributed by atoms with Crippen molar-refractivity contribution in [3.8, 4) is 0 Å². The highest BCUT2D eigenvalue weighted by Gasteiger charge is 2.40. The quantitative estimate of drug-likeness (QED) is 0.857. The van der Waals surface area contributed by atoms with E-state index in [1.54, 1.807) is 0 Å². The Labute approximate surface area is 104 Å². The Morgan fingerprint density at radius 2 is 2.17 bits per heavy atom. The van der Waals surface area contributed by atoms with Gasteiger partial charge in [0.2, 0.25) is 4.96 Å². The average Bonchev–Trinajstić information content (AvgIpc) is 2.87. The standard InChI is InChI=1S/C9H10F3N5S/c1-8(2-3-13-4-8)6-16-17-5(9(10,11)12)14-15-7(17)18-6/h13H,2-4H2,1H3. The predicted molar refractivity (Wildman–Crippen MR) is 58.5 cm³/mol. The minimum atomic E-state index is -4.53. The van der Waals surface area contributed by atoms with E-state index >= 15 is 0 Å². The van der Waals surface area contributed by atoms with Crippen molar-refractivity contribution in [1.29, 1.82) is 0 Å². The van der Waals surface area contributed by atoms with E-state index in [1.807, 2.05) is 6.92 Å². The first-order chi connectivity index (χ1) is 8.40. The van der Waals surface area contributed by atoms with Gasteiger partial charge in [-0.25, -0.2) is 0 Å². The van der Waals surface area contributed by atoms with Gasteiger partial charge in [0.05, 0.1) is 0 Å². The van der Waals surface area contributed by atoms with Crippen molar-refractivity contribution in [2.45, 2.75) is 24.9 Å². The normalized spacial score (nSPS) is 25.1. The van der Waals surface area contributed by atoms with Crippen molar-refractivity contribution < 1.29 is 13.2 Å². The topological polar surface area (TPSA) is 55.1 Å². The van der Waals surface area contributed by atoms with Gasteiger partial charge in [0.15, 0.2) is 0 Å². The smallest absolute Gasteiger partial charge is 0.316 e. The van der Waals surface area contributed by atoms with E-state index < -0.39 is 12.0 Å². The van der Waals surface area contributed by atoms with Crippen LogP contribution in [0.15, 0.2) is 0 Å². The lowest BCUT2D eigenvalue weighted by atomic mass is 9.91. The van der Waals surface area contributed by atoms with Crippen LogP contribution >= 0.6 is 11.3 Å². The molecule has 18 heavy (non-hydrogen) atoms. The summed E-state index contributed by atoms with van der Waals surface area (Å²) in [5.74, 6) is -1.06. The van der Waals surface area contributed by atoms with Crippen molar-refractivity contribution in [3.05, 3.63) is 10.8 Å². The van der Waals surface area contributed by atoms with Crippen LogP contribution in [0.5, 0.6) is 0 Å². The largest absolute Gasteiger partial charge is 0.453 e. The molecule has 5 nitrogen and oxygen atoms in total. The van der Waals surface area contributed by atoms with Crippen molar-refractivity contribution in [2.24, 2.45) is 0 Å². The highest BCUT2D eigenvalue weighted by Crippen LogP contribution is 2.35. The molecule has 0 aliphatic carbocycles. The summed E-state index contributed by atoms with van der Waals surface area (Å²) in [6.07, 6.45) is -3.67. The van der Waals surface area contributed by atoms with Gasteiger partial charge in [-0.2, -0.15) is 22.8 Å². The van der Waals surface area contributed by atoms with Crippen LogP contribution in [0, 0.1) is 0 Å². The summed E-state index contributed by atoms with van der Waals surface area (Å²) in [5.41, 5.74) is -0.214. The molecular formula is C9H10F3N5S. The van der Waals surface area contributed by atoms with Crippen molar-refractivity contribution in [1.82, 2.24) is 25.1 Å². The maximum absolute atomic E-state index is 12.7. The summed E-state index contributed by atoms with van der Waals surface area (Å²) >= 11 is 1.17. The van der Waals surface area contributed by atoms with Crippen LogP contribution in [-0.4, -0.2) is 32.9 Å². The minimum absolute atomic E-state index is 0.186. The molecule has 2 aromatic heterocycles. The third-order valence-corrected chi connectivity index (χ3v) is 4.33. The zero-order valence-corrected chi connectivity index (χ0v) is 10.3. The highest BCUT2D eigenvalue weighted by atomic mass is 32.1. The number of fused-ring (bicyclic) bond motifs is 1. The van der Waals surface area contributed by atoms with E-state index in [2.05, 4.69) is 20.6 Å². The lowest BCUT2D eigenvalue weighted by molar-refractivity contribution is -0.146. The monoisotopic (exact) mass is 277 g/mol. The molecule has 1 unspecified atom stereocenters. The number of nitrogens with one attached hydrogen (secondary N) is 1. The second-order valence-electron chi connectivity index (χ2n) is 4.61. The zero-order valence-electron chi connectivity index (χ0n) is 9.45. The number of aromatic nitrogens is 4. The molecular weight excluding hydrogens is 267 g/mol. The second-order valence-corrected chi connectivity index (χ2v) is 5.57. The van der Waals surface area contributed by atoms with Gasteiger partial charge in [-0.3, -0.25) is 0 Å². The Balaban J connectivity index is 2.09. The highest BCUT2D eigenvalue weighted by molar-refractivity contribution is 7.16. The number of halogens is 3. The zero-order chi connectivity index (χ0) is 13.0. The van der Waals surface area contributed by atoms with Gasteiger partial charge in [0.25, 0.3) is 5.82 Å². The SMILES string of the molecule is CC1(c2nn3c(C(F)(F)F)nnc3s2)CCNC1. The van der Waals surface area contributed by atoms with Crippen molar-refractivity contribution in [2.75, 3.05) is 13.1 Å². The van der Waals surface area contributed by atoms with E-state index in [-0.39, 0.29) is 10.4 Å². The van der Waals surface area contributed by atoms with Crippen LogP contribution in [0.1, 0.15) is 24.2 Å². The first-order valence-corrected chi connectivity index (χ1v) is 6.22. The Hall–Kier alpha value is -1.22. The molecule has 1 saturated heterocycles. The lowest BCUT2D eigenvalue weighted by Crippen LogP contribution is -2.25. The average molecular weight is 277 g/mol. The molecule has 0 aromatic carbocycles. The Bertz CT molecular complexity index is 581. The van der Waals surface area contributed by atoms with Crippen LogP contribution in [-0.2, 0) is 11.6 Å². The maximum atomic E-state index is 12.7. The molecule has 2 aromatic rings. The molecule has 0 amide bonds. The van der Waals surface area contributed by atoms with E-state index in [9.17, 15) is 13.2 Å². The predicted octanol–water partition coefficient (Wildman–Crippen LogP) is 1.46. The molecule has 1 aliphatic heterocycles. The summed E-state index contributed by atoms with van der Waals surface area (Å²) in [5, 5.41) is 14.6. The van der Waals surface area contributed by atoms with Crippen molar-refractivity contribution in [3.63, 3.8) is 0 Å². The molecule has 98 valence electrons. The molecule has 1 N–H and O–H groups in total. The molecule has 9 heteroatoms. The summed E-state index contributed by atoms with van der Waals surface area (Å²) in [6.45, 7) is 3.56. The van der Waals surface area contributed by atoms with Crippen molar-refractivity contribution >= 4 is 16.3 Å². The molecule has 1 fully saturated rings. The molecule has 3 rings (SSSR count). The number of rotatable bonds is 1. The fourth-order valence-corrected chi connectivity index (χ4v) is 3.05. The van der Waals surface area contributed by atoms with E-state index in [0.717, 1.165) is 24.0 Å².